The van der Waals surface area contributed by atoms with Crippen molar-refractivity contribution in [3.8, 4) is 0 Å². The molecule has 4 heteroatoms. The number of ether oxygens (including phenoxy) is 1. The van der Waals surface area contributed by atoms with Crippen LogP contribution in [0.5, 0.6) is 0 Å². The molecule has 1 unspecified atom stereocenters. The van der Waals surface area contributed by atoms with E-state index in [-0.39, 0.29) is 5.78 Å². The number of aryl methyl sites for hydroxylation is 1. The van der Waals surface area contributed by atoms with Crippen LogP contribution in [0.1, 0.15) is 43.5 Å². The van der Waals surface area contributed by atoms with Crippen molar-refractivity contribution >= 4 is 5.78 Å². The van der Waals surface area contributed by atoms with Gasteiger partial charge in [-0.25, -0.2) is 0 Å². The van der Waals surface area contributed by atoms with Gasteiger partial charge in [-0.05, 0) is 33.1 Å². The lowest BCUT2D eigenvalue weighted by molar-refractivity contribution is -0.0426. The average molecular weight is 222 g/mol. The minimum absolute atomic E-state index is 0.0619. The summed E-state index contributed by atoms with van der Waals surface area (Å²) in [4.78, 5) is 12.3. The highest BCUT2D eigenvalue weighted by Gasteiger charge is 2.36. The second-order valence-corrected chi connectivity index (χ2v) is 4.45. The fourth-order valence-electron chi connectivity index (χ4n) is 2.07. The first-order valence-electron chi connectivity index (χ1n) is 5.87. The van der Waals surface area contributed by atoms with Gasteiger partial charge < -0.3 is 4.74 Å². The van der Waals surface area contributed by atoms with Crippen LogP contribution < -0.4 is 0 Å². The molecular weight excluding hydrogens is 204 g/mol. The Kier molecular flexibility index (Phi) is 3.10. The number of hydrogen-bond donors (Lipinski definition) is 0. The molecule has 4 nitrogen and oxygen atoms in total. The summed E-state index contributed by atoms with van der Waals surface area (Å²) in [6.07, 6.45) is 6.35. The highest BCUT2D eigenvalue weighted by atomic mass is 16.5. The molecule has 1 aromatic heterocycles. The second kappa shape index (κ2) is 4.37. The Hall–Kier alpha value is -1.16. The van der Waals surface area contributed by atoms with Crippen LogP contribution in [-0.4, -0.2) is 27.8 Å². The standard InChI is InChI=1S/C12H18N2O2/c1-3-14-9-10(8-13-14)11(15)12(2)6-4-5-7-16-12/h8-9H,3-7H2,1-2H3. The summed E-state index contributed by atoms with van der Waals surface area (Å²) in [6, 6.07) is 0. The highest BCUT2D eigenvalue weighted by Crippen LogP contribution is 2.28. The van der Waals surface area contributed by atoms with Crippen molar-refractivity contribution in [3.05, 3.63) is 18.0 Å². The van der Waals surface area contributed by atoms with Gasteiger partial charge >= 0.3 is 0 Å². The molecule has 0 spiro atoms. The maximum atomic E-state index is 12.3. The van der Waals surface area contributed by atoms with Crippen LogP contribution in [0.3, 0.4) is 0 Å². The van der Waals surface area contributed by atoms with E-state index >= 15 is 0 Å². The Balaban J connectivity index is 2.17. The van der Waals surface area contributed by atoms with Crippen molar-refractivity contribution in [2.45, 2.75) is 45.3 Å². The first-order valence-corrected chi connectivity index (χ1v) is 5.87. The number of rotatable bonds is 3. The molecule has 0 bridgehead atoms. The largest absolute Gasteiger partial charge is 0.367 e. The monoisotopic (exact) mass is 222 g/mol. The quantitative estimate of drug-likeness (QED) is 0.735. The molecule has 0 aliphatic carbocycles. The van der Waals surface area contributed by atoms with Crippen molar-refractivity contribution in [1.82, 2.24) is 9.78 Å². The molecule has 1 saturated heterocycles. The maximum Gasteiger partial charge on any atom is 0.197 e. The summed E-state index contributed by atoms with van der Waals surface area (Å²) in [5.74, 6) is 0.0619. The van der Waals surface area contributed by atoms with Crippen LogP contribution in [0.4, 0.5) is 0 Å². The van der Waals surface area contributed by atoms with Crippen LogP contribution in [-0.2, 0) is 11.3 Å². The van der Waals surface area contributed by atoms with E-state index < -0.39 is 5.60 Å². The summed E-state index contributed by atoms with van der Waals surface area (Å²) in [5, 5.41) is 4.12. The van der Waals surface area contributed by atoms with E-state index in [9.17, 15) is 4.79 Å². The van der Waals surface area contributed by atoms with Crippen molar-refractivity contribution in [1.29, 1.82) is 0 Å². The summed E-state index contributed by atoms with van der Waals surface area (Å²) >= 11 is 0. The van der Waals surface area contributed by atoms with Crippen molar-refractivity contribution in [3.63, 3.8) is 0 Å². The van der Waals surface area contributed by atoms with Gasteiger partial charge in [0, 0.05) is 19.3 Å². The molecule has 1 fully saturated rings. The van der Waals surface area contributed by atoms with Crippen molar-refractivity contribution in [2.75, 3.05) is 6.61 Å². The van der Waals surface area contributed by atoms with Gasteiger partial charge in [0.25, 0.3) is 0 Å². The fraction of sp³-hybridized carbons (Fsp3) is 0.667. The van der Waals surface area contributed by atoms with Gasteiger partial charge in [-0.2, -0.15) is 5.10 Å². The van der Waals surface area contributed by atoms with E-state index in [1.807, 2.05) is 13.8 Å². The lowest BCUT2D eigenvalue weighted by atomic mass is 9.89. The van der Waals surface area contributed by atoms with Crippen LogP contribution in [0.2, 0.25) is 0 Å². The SMILES string of the molecule is CCn1cc(C(=O)C2(C)CCCCO2)cn1. The third-order valence-electron chi connectivity index (χ3n) is 3.17. The van der Waals surface area contributed by atoms with E-state index in [0.717, 1.165) is 25.8 Å². The predicted octanol–water partition coefficient (Wildman–Crippen LogP) is 2.04. The molecule has 1 aliphatic heterocycles. The van der Waals surface area contributed by atoms with Crippen LogP contribution >= 0.6 is 0 Å². The van der Waals surface area contributed by atoms with E-state index in [1.165, 1.54) is 0 Å². The first-order chi connectivity index (χ1) is 7.65. The molecule has 0 aromatic carbocycles. The molecular formula is C12H18N2O2. The number of hydrogen-bond acceptors (Lipinski definition) is 3. The first kappa shape index (κ1) is 11.3. The number of carbonyl (C=O) groups excluding carboxylic acids is 1. The average Bonchev–Trinajstić information content (AvgIpc) is 2.77. The Bertz CT molecular complexity index is 378. The third kappa shape index (κ3) is 2.02. The molecule has 0 amide bonds. The molecule has 2 heterocycles. The maximum absolute atomic E-state index is 12.3. The minimum Gasteiger partial charge on any atom is -0.367 e. The molecule has 0 radical (unpaired) electrons. The molecule has 88 valence electrons. The van der Waals surface area contributed by atoms with E-state index in [2.05, 4.69) is 5.10 Å². The summed E-state index contributed by atoms with van der Waals surface area (Å²) in [6.45, 7) is 5.35. The Morgan fingerprint density at radius 1 is 1.62 bits per heavy atom. The lowest BCUT2D eigenvalue weighted by Crippen LogP contribution is -2.41. The van der Waals surface area contributed by atoms with E-state index in [1.54, 1.807) is 17.1 Å². The van der Waals surface area contributed by atoms with Gasteiger partial charge in [-0.3, -0.25) is 9.48 Å². The van der Waals surface area contributed by atoms with Gasteiger partial charge in [-0.1, -0.05) is 0 Å². The van der Waals surface area contributed by atoms with Gasteiger partial charge in [0.15, 0.2) is 5.78 Å². The zero-order valence-corrected chi connectivity index (χ0v) is 9.90. The number of Topliss-reactive ketones (excluding diaryl/α,β-unsaturated/α-hetero) is 1. The fourth-order valence-corrected chi connectivity index (χ4v) is 2.07. The smallest absolute Gasteiger partial charge is 0.197 e. The van der Waals surface area contributed by atoms with Crippen molar-refractivity contribution in [2.24, 2.45) is 0 Å². The Morgan fingerprint density at radius 3 is 3.00 bits per heavy atom. The van der Waals surface area contributed by atoms with Crippen LogP contribution in [0.25, 0.3) is 0 Å². The van der Waals surface area contributed by atoms with Gasteiger partial charge in [0.2, 0.25) is 0 Å². The molecule has 2 rings (SSSR count). The Morgan fingerprint density at radius 2 is 2.44 bits per heavy atom. The molecule has 16 heavy (non-hydrogen) atoms. The van der Waals surface area contributed by atoms with Crippen LogP contribution in [0.15, 0.2) is 12.4 Å². The number of nitrogens with zero attached hydrogens (tertiary/aromatic N) is 2. The predicted molar refractivity (Wildman–Crippen MR) is 60.4 cm³/mol. The summed E-state index contributed by atoms with van der Waals surface area (Å²) in [7, 11) is 0. The molecule has 1 atom stereocenters. The molecule has 0 N–H and O–H groups in total. The Labute approximate surface area is 95.6 Å². The number of ketones is 1. The third-order valence-corrected chi connectivity index (χ3v) is 3.17. The van der Waals surface area contributed by atoms with E-state index in [4.69, 9.17) is 4.74 Å². The zero-order valence-electron chi connectivity index (χ0n) is 9.90. The zero-order chi connectivity index (χ0) is 11.6. The van der Waals surface area contributed by atoms with E-state index in [0.29, 0.717) is 12.2 Å². The number of carbonyl (C=O) groups is 1. The van der Waals surface area contributed by atoms with Gasteiger partial charge in [0.05, 0.1) is 11.8 Å². The summed E-state index contributed by atoms with van der Waals surface area (Å²) < 4.78 is 7.40. The van der Waals surface area contributed by atoms with Crippen LogP contribution in [0, 0.1) is 0 Å². The van der Waals surface area contributed by atoms with Gasteiger partial charge in [0.1, 0.15) is 5.60 Å². The molecule has 1 aliphatic rings. The molecule has 1 aromatic rings. The number of aromatic nitrogens is 2. The normalized spacial score (nSPS) is 25.6. The summed E-state index contributed by atoms with van der Waals surface area (Å²) in [5.41, 5.74) is 0.0195. The minimum atomic E-state index is -0.639. The van der Waals surface area contributed by atoms with Gasteiger partial charge in [-0.15, -0.1) is 0 Å². The highest BCUT2D eigenvalue weighted by molar-refractivity contribution is 6.01. The lowest BCUT2D eigenvalue weighted by Gasteiger charge is -2.31. The molecule has 0 saturated carbocycles. The second-order valence-electron chi connectivity index (χ2n) is 4.45. The van der Waals surface area contributed by atoms with Crippen molar-refractivity contribution < 1.29 is 9.53 Å². The topological polar surface area (TPSA) is 44.1 Å².